The van der Waals surface area contributed by atoms with Gasteiger partial charge in [-0.25, -0.2) is 8.42 Å². The van der Waals surface area contributed by atoms with Gasteiger partial charge in [-0.15, -0.1) is 24.0 Å². The van der Waals surface area contributed by atoms with Crippen LogP contribution in [-0.2, 0) is 21.3 Å². The maximum Gasteiger partial charge on any atom is 0.243 e. The summed E-state index contributed by atoms with van der Waals surface area (Å²) in [6.45, 7) is 6.21. The summed E-state index contributed by atoms with van der Waals surface area (Å²) in [4.78, 5) is 4.57. The van der Waals surface area contributed by atoms with Gasteiger partial charge in [0.1, 0.15) is 0 Å². The molecule has 0 radical (unpaired) electrons. The molecular weight excluding hydrogens is 491 g/mol. The quantitative estimate of drug-likeness (QED) is 0.213. The number of hydrogen-bond donors (Lipinski definition) is 2. The van der Waals surface area contributed by atoms with Crippen LogP contribution in [0.15, 0.2) is 34.2 Å². The highest BCUT2D eigenvalue weighted by molar-refractivity contribution is 14.0. The average molecular weight is 524 g/mol. The predicted molar refractivity (Wildman–Crippen MR) is 124 cm³/mol. The number of halogens is 1. The number of benzene rings is 1. The molecule has 2 N–H and O–H groups in total. The molecule has 7 nitrogen and oxygen atoms in total. The van der Waals surface area contributed by atoms with Crippen molar-refractivity contribution >= 4 is 40.0 Å². The molecule has 0 aromatic heterocycles. The summed E-state index contributed by atoms with van der Waals surface area (Å²) >= 11 is 0. The van der Waals surface area contributed by atoms with Crippen LogP contribution in [0.3, 0.4) is 0 Å². The molecule has 1 fully saturated rings. The summed E-state index contributed by atoms with van der Waals surface area (Å²) in [7, 11) is -1.61. The van der Waals surface area contributed by atoms with Crippen LogP contribution >= 0.6 is 24.0 Å². The minimum Gasteiger partial charge on any atom is -0.382 e. The zero-order valence-electron chi connectivity index (χ0n) is 16.8. The van der Waals surface area contributed by atoms with Crippen LogP contribution < -0.4 is 10.6 Å². The minimum absolute atomic E-state index is 0. The molecular formula is C19H33IN4O3S. The fourth-order valence-corrected chi connectivity index (χ4v) is 4.46. The first-order valence-electron chi connectivity index (χ1n) is 9.69. The molecule has 160 valence electrons. The van der Waals surface area contributed by atoms with Crippen LogP contribution in [0.2, 0.25) is 0 Å². The van der Waals surface area contributed by atoms with E-state index in [0.717, 1.165) is 57.0 Å². The summed E-state index contributed by atoms with van der Waals surface area (Å²) in [5.41, 5.74) is 1.01. The van der Waals surface area contributed by atoms with E-state index >= 15 is 0 Å². The maximum absolute atomic E-state index is 12.5. The van der Waals surface area contributed by atoms with Gasteiger partial charge in [0.25, 0.3) is 0 Å². The summed E-state index contributed by atoms with van der Waals surface area (Å²) in [6, 6.07) is 7.08. The molecule has 0 aliphatic carbocycles. The Morgan fingerprint density at radius 3 is 2.43 bits per heavy atom. The largest absolute Gasteiger partial charge is 0.382 e. The van der Waals surface area contributed by atoms with E-state index in [9.17, 15) is 8.42 Å². The molecule has 1 aliphatic heterocycles. The summed E-state index contributed by atoms with van der Waals surface area (Å²) in [6.07, 6.45) is 3.92. The van der Waals surface area contributed by atoms with Crippen molar-refractivity contribution in [3.8, 4) is 0 Å². The zero-order valence-corrected chi connectivity index (χ0v) is 20.0. The summed E-state index contributed by atoms with van der Waals surface area (Å²) < 4.78 is 32.0. The fourth-order valence-electron chi connectivity index (χ4n) is 2.94. The molecule has 28 heavy (non-hydrogen) atoms. The Morgan fingerprint density at radius 1 is 1.14 bits per heavy atom. The summed E-state index contributed by atoms with van der Waals surface area (Å²) in [5.74, 6) is 0.736. The van der Waals surface area contributed by atoms with Gasteiger partial charge in [0.05, 0.1) is 4.90 Å². The molecule has 0 saturated carbocycles. The second-order valence-corrected chi connectivity index (χ2v) is 8.45. The monoisotopic (exact) mass is 524 g/mol. The van der Waals surface area contributed by atoms with Crippen LogP contribution in [0.5, 0.6) is 0 Å². The molecule has 1 aromatic rings. The molecule has 0 atom stereocenters. The molecule has 1 aromatic carbocycles. The van der Waals surface area contributed by atoms with E-state index in [2.05, 4.69) is 15.6 Å². The third-order valence-electron chi connectivity index (χ3n) is 4.52. The molecule has 0 bridgehead atoms. The van der Waals surface area contributed by atoms with Crippen molar-refractivity contribution in [1.29, 1.82) is 0 Å². The first-order valence-corrected chi connectivity index (χ1v) is 11.1. The Kier molecular flexibility index (Phi) is 12.0. The van der Waals surface area contributed by atoms with Crippen molar-refractivity contribution < 1.29 is 13.2 Å². The Balaban J connectivity index is 0.00000392. The predicted octanol–water partition coefficient (Wildman–Crippen LogP) is 2.57. The lowest BCUT2D eigenvalue weighted by Gasteiger charge is -2.16. The van der Waals surface area contributed by atoms with Crippen molar-refractivity contribution in [3.63, 3.8) is 0 Å². The van der Waals surface area contributed by atoms with E-state index < -0.39 is 10.0 Å². The highest BCUT2D eigenvalue weighted by atomic mass is 127. The van der Waals surface area contributed by atoms with Gasteiger partial charge < -0.3 is 15.4 Å². The molecule has 1 heterocycles. The number of unbranched alkanes of at least 4 members (excludes halogenated alkanes) is 1. The third kappa shape index (κ3) is 7.84. The van der Waals surface area contributed by atoms with Crippen molar-refractivity contribution in [2.75, 3.05) is 39.9 Å². The Labute approximate surface area is 186 Å². The second-order valence-electron chi connectivity index (χ2n) is 6.51. The normalized spacial score (nSPS) is 15.3. The van der Waals surface area contributed by atoms with E-state index in [1.54, 1.807) is 23.5 Å². The summed E-state index contributed by atoms with van der Waals surface area (Å²) in [5, 5.41) is 6.52. The van der Waals surface area contributed by atoms with Gasteiger partial charge >= 0.3 is 0 Å². The van der Waals surface area contributed by atoms with E-state index in [0.29, 0.717) is 24.5 Å². The number of nitrogens with zero attached hydrogens (tertiary/aromatic N) is 2. The van der Waals surface area contributed by atoms with Gasteiger partial charge in [-0.2, -0.15) is 4.31 Å². The van der Waals surface area contributed by atoms with Gasteiger partial charge in [0.2, 0.25) is 10.0 Å². The highest BCUT2D eigenvalue weighted by Gasteiger charge is 2.26. The number of hydrogen-bond acceptors (Lipinski definition) is 4. The Morgan fingerprint density at radius 2 is 1.82 bits per heavy atom. The lowest BCUT2D eigenvalue weighted by Crippen LogP contribution is -2.37. The number of rotatable bonds is 10. The number of nitrogens with one attached hydrogen (secondary N) is 2. The highest BCUT2D eigenvalue weighted by Crippen LogP contribution is 2.21. The van der Waals surface area contributed by atoms with Crippen LogP contribution in [0, 0.1) is 0 Å². The molecule has 0 amide bonds. The number of sulfonamides is 1. The van der Waals surface area contributed by atoms with Crippen molar-refractivity contribution in [2.45, 2.75) is 44.0 Å². The first kappa shape index (κ1) is 25.1. The molecule has 0 spiro atoms. The van der Waals surface area contributed by atoms with Crippen molar-refractivity contribution in [3.05, 3.63) is 29.8 Å². The van der Waals surface area contributed by atoms with Gasteiger partial charge in [-0.05, 0) is 50.3 Å². The van der Waals surface area contributed by atoms with Crippen LogP contribution in [0.1, 0.15) is 38.2 Å². The molecule has 2 rings (SSSR count). The van der Waals surface area contributed by atoms with Gasteiger partial charge in [0.15, 0.2) is 5.96 Å². The van der Waals surface area contributed by atoms with Gasteiger partial charge in [-0.1, -0.05) is 12.1 Å². The first-order chi connectivity index (χ1) is 13.1. The number of guanidine groups is 1. The average Bonchev–Trinajstić information content (AvgIpc) is 3.23. The lowest BCUT2D eigenvalue weighted by molar-refractivity contribution is 0.143. The lowest BCUT2D eigenvalue weighted by atomic mass is 10.2. The van der Waals surface area contributed by atoms with E-state index in [1.807, 2.05) is 19.1 Å². The fraction of sp³-hybridized carbons (Fsp3) is 0.632. The van der Waals surface area contributed by atoms with Gasteiger partial charge in [-0.3, -0.25) is 4.99 Å². The maximum atomic E-state index is 12.5. The molecule has 1 saturated heterocycles. The minimum atomic E-state index is -3.35. The SMILES string of the molecule is CCOCCCCNC(=NC)NCc1ccc(S(=O)(=O)N2CCCC2)cc1.I. The number of ether oxygens (including phenoxy) is 1. The Hall–Kier alpha value is -0.910. The molecule has 0 unspecified atom stereocenters. The topological polar surface area (TPSA) is 83.0 Å². The van der Waals surface area contributed by atoms with E-state index in [4.69, 9.17) is 4.74 Å². The van der Waals surface area contributed by atoms with Gasteiger partial charge in [0, 0.05) is 46.4 Å². The smallest absolute Gasteiger partial charge is 0.243 e. The van der Waals surface area contributed by atoms with Crippen molar-refractivity contribution in [1.82, 2.24) is 14.9 Å². The van der Waals surface area contributed by atoms with Crippen LogP contribution in [0.4, 0.5) is 0 Å². The standard InChI is InChI=1S/C19H32N4O3S.HI/c1-3-26-15-7-4-12-21-19(20-2)22-16-17-8-10-18(11-9-17)27(24,25)23-13-5-6-14-23;/h8-11H,3-7,12-16H2,1-2H3,(H2,20,21,22);1H. The number of aliphatic imine (C=N–C) groups is 1. The van der Waals surface area contributed by atoms with Crippen LogP contribution in [0.25, 0.3) is 0 Å². The zero-order chi connectivity index (χ0) is 19.5. The third-order valence-corrected chi connectivity index (χ3v) is 6.43. The van der Waals surface area contributed by atoms with E-state index in [-0.39, 0.29) is 24.0 Å². The van der Waals surface area contributed by atoms with Crippen LogP contribution in [-0.4, -0.2) is 58.6 Å². The second kappa shape index (κ2) is 13.3. The molecule has 1 aliphatic rings. The molecule has 9 heteroatoms. The van der Waals surface area contributed by atoms with Crippen molar-refractivity contribution in [2.24, 2.45) is 4.99 Å². The van der Waals surface area contributed by atoms with E-state index in [1.165, 1.54) is 0 Å². The Bertz CT molecular complexity index is 690.